The van der Waals surface area contributed by atoms with E-state index in [1.165, 1.54) is 5.56 Å². The Balaban J connectivity index is 1.59. The molecule has 0 N–H and O–H groups in total. The maximum absolute atomic E-state index is 12.5. The molecule has 1 fully saturated rings. The van der Waals surface area contributed by atoms with Gasteiger partial charge in [-0.05, 0) is 43.2 Å². The van der Waals surface area contributed by atoms with Crippen LogP contribution in [0.4, 0.5) is 5.69 Å². The molecular weight excluding hydrogens is 316 g/mol. The second kappa shape index (κ2) is 6.12. The highest BCUT2D eigenvalue weighted by Gasteiger charge is 2.35. The fourth-order valence-corrected chi connectivity index (χ4v) is 3.15. The number of hydrogen-bond donors (Lipinski definition) is 0. The normalized spacial score (nSPS) is 17.3. The van der Waals surface area contributed by atoms with E-state index < -0.39 is 0 Å². The molecule has 2 aromatic heterocycles. The van der Waals surface area contributed by atoms with Gasteiger partial charge in [-0.1, -0.05) is 17.3 Å². The average molecular weight is 334 g/mol. The molecule has 1 amide bonds. The molecule has 6 heteroatoms. The Hall–Kier alpha value is -3.02. The van der Waals surface area contributed by atoms with Crippen LogP contribution in [0.5, 0.6) is 0 Å². The summed E-state index contributed by atoms with van der Waals surface area (Å²) in [6, 6.07) is 9.72. The predicted molar refractivity (Wildman–Crippen MR) is 93.2 cm³/mol. The molecule has 126 valence electrons. The first kappa shape index (κ1) is 15.5. The largest absolute Gasteiger partial charge is 0.339 e. The van der Waals surface area contributed by atoms with Gasteiger partial charge in [-0.25, -0.2) is 0 Å². The van der Waals surface area contributed by atoms with E-state index in [-0.39, 0.29) is 11.8 Å². The van der Waals surface area contributed by atoms with Gasteiger partial charge in [0.15, 0.2) is 0 Å². The number of carbonyl (C=O) groups is 1. The molecular formula is C19H18N4O2. The zero-order chi connectivity index (χ0) is 17.4. The van der Waals surface area contributed by atoms with Crippen molar-refractivity contribution in [1.29, 1.82) is 0 Å². The Labute approximate surface area is 145 Å². The first-order valence-electron chi connectivity index (χ1n) is 8.24. The van der Waals surface area contributed by atoms with Crippen LogP contribution in [0.15, 0.2) is 47.2 Å². The molecule has 1 aliphatic rings. The summed E-state index contributed by atoms with van der Waals surface area (Å²) in [5.74, 6) is 0.992. The van der Waals surface area contributed by atoms with Crippen LogP contribution in [0.1, 0.15) is 29.4 Å². The molecule has 4 rings (SSSR count). The number of aryl methyl sites for hydroxylation is 1. The van der Waals surface area contributed by atoms with Crippen molar-refractivity contribution in [3.05, 3.63) is 59.7 Å². The zero-order valence-corrected chi connectivity index (χ0v) is 14.1. The van der Waals surface area contributed by atoms with Crippen molar-refractivity contribution in [3.8, 4) is 11.4 Å². The molecule has 1 aliphatic heterocycles. The number of rotatable bonds is 3. The highest BCUT2D eigenvalue weighted by atomic mass is 16.5. The molecule has 0 bridgehead atoms. The van der Waals surface area contributed by atoms with Crippen molar-refractivity contribution in [2.45, 2.75) is 26.2 Å². The van der Waals surface area contributed by atoms with Crippen LogP contribution < -0.4 is 4.90 Å². The SMILES string of the molecule is Cc1cccc(N2CC(c3nc(-c4cccnc4)no3)CC2=O)c1C. The minimum Gasteiger partial charge on any atom is -0.339 e. The van der Waals surface area contributed by atoms with Crippen LogP contribution in [0.2, 0.25) is 0 Å². The molecule has 6 nitrogen and oxygen atoms in total. The number of benzene rings is 1. The molecule has 0 spiro atoms. The van der Waals surface area contributed by atoms with E-state index in [4.69, 9.17) is 4.52 Å². The maximum Gasteiger partial charge on any atom is 0.232 e. The number of carbonyl (C=O) groups excluding carboxylic acids is 1. The van der Waals surface area contributed by atoms with Gasteiger partial charge >= 0.3 is 0 Å². The minimum atomic E-state index is -0.0923. The van der Waals surface area contributed by atoms with Crippen LogP contribution in [-0.2, 0) is 4.79 Å². The summed E-state index contributed by atoms with van der Waals surface area (Å²) >= 11 is 0. The molecule has 0 radical (unpaired) electrons. The first-order valence-corrected chi connectivity index (χ1v) is 8.24. The molecule has 1 atom stereocenters. The summed E-state index contributed by atoms with van der Waals surface area (Å²) in [6.45, 7) is 4.64. The fourth-order valence-electron chi connectivity index (χ4n) is 3.15. The van der Waals surface area contributed by atoms with Crippen LogP contribution >= 0.6 is 0 Å². The Morgan fingerprint density at radius 3 is 2.88 bits per heavy atom. The highest BCUT2D eigenvalue weighted by molar-refractivity contribution is 5.97. The van der Waals surface area contributed by atoms with Gasteiger partial charge in [0, 0.05) is 36.6 Å². The van der Waals surface area contributed by atoms with Crippen molar-refractivity contribution in [1.82, 2.24) is 15.1 Å². The van der Waals surface area contributed by atoms with E-state index in [0.717, 1.165) is 16.8 Å². The number of aromatic nitrogens is 3. The summed E-state index contributed by atoms with van der Waals surface area (Å²) in [6.07, 6.45) is 3.76. The molecule has 25 heavy (non-hydrogen) atoms. The summed E-state index contributed by atoms with van der Waals surface area (Å²) in [7, 11) is 0. The molecule has 0 aliphatic carbocycles. The monoisotopic (exact) mass is 334 g/mol. The molecule has 1 saturated heterocycles. The number of nitrogens with zero attached hydrogens (tertiary/aromatic N) is 4. The third kappa shape index (κ3) is 2.80. The maximum atomic E-state index is 12.5. The Bertz CT molecular complexity index is 920. The van der Waals surface area contributed by atoms with E-state index in [9.17, 15) is 4.79 Å². The van der Waals surface area contributed by atoms with E-state index in [0.29, 0.717) is 24.7 Å². The summed E-state index contributed by atoms with van der Waals surface area (Å²) in [5, 5.41) is 4.03. The van der Waals surface area contributed by atoms with Gasteiger partial charge in [-0.2, -0.15) is 4.98 Å². The van der Waals surface area contributed by atoms with Gasteiger partial charge in [0.2, 0.25) is 17.6 Å². The minimum absolute atomic E-state index is 0.0832. The lowest BCUT2D eigenvalue weighted by atomic mass is 10.1. The van der Waals surface area contributed by atoms with E-state index >= 15 is 0 Å². The van der Waals surface area contributed by atoms with Crippen LogP contribution in [0.25, 0.3) is 11.4 Å². The van der Waals surface area contributed by atoms with E-state index in [1.54, 1.807) is 12.4 Å². The zero-order valence-electron chi connectivity index (χ0n) is 14.1. The van der Waals surface area contributed by atoms with Crippen molar-refractivity contribution >= 4 is 11.6 Å². The van der Waals surface area contributed by atoms with Crippen LogP contribution in [0, 0.1) is 13.8 Å². The quantitative estimate of drug-likeness (QED) is 0.735. The van der Waals surface area contributed by atoms with Gasteiger partial charge in [0.25, 0.3) is 0 Å². The third-order valence-electron chi connectivity index (χ3n) is 4.70. The van der Waals surface area contributed by atoms with Crippen molar-refractivity contribution in [2.75, 3.05) is 11.4 Å². The Morgan fingerprint density at radius 1 is 1.20 bits per heavy atom. The Kier molecular flexibility index (Phi) is 3.80. The Morgan fingerprint density at radius 2 is 2.08 bits per heavy atom. The lowest BCUT2D eigenvalue weighted by Gasteiger charge is -2.19. The number of amides is 1. The summed E-state index contributed by atoms with van der Waals surface area (Å²) in [4.78, 5) is 22.9. The summed E-state index contributed by atoms with van der Waals surface area (Å²) < 4.78 is 5.42. The topological polar surface area (TPSA) is 72.1 Å². The molecule has 3 aromatic rings. The van der Waals surface area contributed by atoms with Crippen molar-refractivity contribution < 1.29 is 9.32 Å². The van der Waals surface area contributed by atoms with E-state index in [2.05, 4.69) is 28.1 Å². The van der Waals surface area contributed by atoms with Gasteiger partial charge in [-0.15, -0.1) is 0 Å². The smallest absolute Gasteiger partial charge is 0.232 e. The fraction of sp³-hybridized carbons (Fsp3) is 0.263. The number of pyridine rings is 1. The lowest BCUT2D eigenvalue weighted by Crippen LogP contribution is -2.25. The average Bonchev–Trinajstić information content (AvgIpc) is 3.25. The van der Waals surface area contributed by atoms with Gasteiger partial charge in [-0.3, -0.25) is 9.78 Å². The van der Waals surface area contributed by atoms with Crippen LogP contribution in [0.3, 0.4) is 0 Å². The van der Waals surface area contributed by atoms with Crippen molar-refractivity contribution in [3.63, 3.8) is 0 Å². The predicted octanol–water partition coefficient (Wildman–Crippen LogP) is 3.27. The highest BCUT2D eigenvalue weighted by Crippen LogP contribution is 2.34. The molecule has 0 saturated carbocycles. The molecule has 1 unspecified atom stereocenters. The molecule has 3 heterocycles. The third-order valence-corrected chi connectivity index (χ3v) is 4.70. The van der Waals surface area contributed by atoms with Crippen LogP contribution in [-0.4, -0.2) is 27.6 Å². The van der Waals surface area contributed by atoms with E-state index in [1.807, 2.05) is 36.1 Å². The van der Waals surface area contributed by atoms with Gasteiger partial charge < -0.3 is 9.42 Å². The lowest BCUT2D eigenvalue weighted by molar-refractivity contribution is -0.117. The standard InChI is InChI=1S/C19H18N4O2/c1-12-5-3-7-16(13(12)2)23-11-15(9-17(23)24)19-21-18(22-25-19)14-6-4-8-20-10-14/h3-8,10,15H,9,11H2,1-2H3. The number of hydrogen-bond acceptors (Lipinski definition) is 5. The van der Waals surface area contributed by atoms with Gasteiger partial charge in [0.1, 0.15) is 0 Å². The molecule has 1 aromatic carbocycles. The second-order valence-electron chi connectivity index (χ2n) is 6.32. The second-order valence-corrected chi connectivity index (χ2v) is 6.32. The summed E-state index contributed by atoms with van der Waals surface area (Å²) in [5.41, 5.74) is 4.05. The van der Waals surface area contributed by atoms with Crippen molar-refractivity contribution in [2.24, 2.45) is 0 Å². The van der Waals surface area contributed by atoms with Gasteiger partial charge in [0.05, 0.1) is 5.92 Å². The first-order chi connectivity index (χ1) is 12.1. The number of anilines is 1.